The monoisotopic (exact) mass is 293 g/mol. The van der Waals surface area contributed by atoms with Crippen LogP contribution in [0.4, 0.5) is 17.1 Å². The maximum absolute atomic E-state index is 11.3. The molecule has 0 radical (unpaired) electrons. The summed E-state index contributed by atoms with van der Waals surface area (Å²) in [5, 5.41) is 16.8. The zero-order valence-corrected chi connectivity index (χ0v) is 12.1. The minimum atomic E-state index is -0.444. The van der Waals surface area contributed by atoms with Crippen molar-refractivity contribution in [2.45, 2.75) is 20.3 Å². The van der Waals surface area contributed by atoms with Crippen molar-refractivity contribution in [2.24, 2.45) is 5.92 Å². The van der Waals surface area contributed by atoms with Gasteiger partial charge in [-0.15, -0.1) is 0 Å². The lowest BCUT2D eigenvalue weighted by Crippen LogP contribution is -2.13. The third kappa shape index (κ3) is 3.91. The summed E-state index contributed by atoms with van der Waals surface area (Å²) in [6.45, 7) is 5.71. The van der Waals surface area contributed by atoms with Crippen LogP contribution in [0, 0.1) is 16.0 Å². The molecule has 0 spiro atoms. The Hall–Kier alpha value is -2.15. The van der Waals surface area contributed by atoms with Gasteiger partial charge in [0.2, 0.25) is 5.91 Å². The molecule has 0 aliphatic carbocycles. The van der Waals surface area contributed by atoms with Crippen molar-refractivity contribution in [1.29, 1.82) is 0 Å². The van der Waals surface area contributed by atoms with Gasteiger partial charge in [-0.25, -0.2) is 0 Å². The van der Waals surface area contributed by atoms with E-state index in [2.05, 4.69) is 24.5 Å². The summed E-state index contributed by atoms with van der Waals surface area (Å²) in [5.74, 6) is 0.311. The van der Waals surface area contributed by atoms with Crippen molar-refractivity contribution in [1.82, 2.24) is 0 Å². The molecule has 7 heteroatoms. The smallest absolute Gasteiger partial charge is 0.292 e. The number of benzene rings is 1. The summed E-state index contributed by atoms with van der Waals surface area (Å²) in [5.41, 5.74) is 1.67. The van der Waals surface area contributed by atoms with Crippen LogP contribution in [0.2, 0.25) is 0 Å². The molecule has 114 valence electrons. The minimum Gasteiger partial charge on any atom is -0.379 e. The van der Waals surface area contributed by atoms with Gasteiger partial charge in [-0.1, -0.05) is 13.8 Å². The van der Waals surface area contributed by atoms with Gasteiger partial charge in [-0.3, -0.25) is 14.9 Å². The van der Waals surface area contributed by atoms with Gasteiger partial charge in [0.05, 0.1) is 18.0 Å². The fraction of sp³-hybridized carbons (Fsp3) is 0.500. The number of hydrogen-bond donors (Lipinski definition) is 2. The third-order valence-electron chi connectivity index (χ3n) is 3.06. The summed E-state index contributed by atoms with van der Waals surface area (Å²) < 4.78 is 5.42. The number of nitrogens with zero attached hydrogens (tertiary/aromatic N) is 1. The summed E-state index contributed by atoms with van der Waals surface area (Å²) >= 11 is 0. The molecule has 2 N–H and O–H groups in total. The molecule has 0 bridgehead atoms. The van der Waals surface area contributed by atoms with Crippen LogP contribution in [0.1, 0.15) is 19.4 Å². The molecule has 1 aromatic rings. The molecule has 0 fully saturated rings. The summed E-state index contributed by atoms with van der Waals surface area (Å²) in [6, 6.07) is 3.06. The second-order valence-corrected chi connectivity index (χ2v) is 5.40. The summed E-state index contributed by atoms with van der Waals surface area (Å²) in [4.78, 5) is 22.0. The Morgan fingerprint density at radius 1 is 1.48 bits per heavy atom. The van der Waals surface area contributed by atoms with E-state index in [0.29, 0.717) is 42.6 Å². The number of carbonyl (C=O) groups is 1. The highest BCUT2D eigenvalue weighted by Crippen LogP contribution is 2.34. The van der Waals surface area contributed by atoms with Gasteiger partial charge in [0, 0.05) is 24.9 Å². The number of nitrogens with one attached hydrogen (secondary N) is 2. The van der Waals surface area contributed by atoms with E-state index in [9.17, 15) is 14.9 Å². The third-order valence-corrected chi connectivity index (χ3v) is 3.06. The van der Waals surface area contributed by atoms with Gasteiger partial charge in [-0.2, -0.15) is 0 Å². The number of hydrogen-bond acceptors (Lipinski definition) is 5. The van der Waals surface area contributed by atoms with E-state index in [4.69, 9.17) is 4.74 Å². The zero-order chi connectivity index (χ0) is 15.4. The summed E-state index contributed by atoms with van der Waals surface area (Å²) in [7, 11) is 0. The van der Waals surface area contributed by atoms with Gasteiger partial charge in [0.15, 0.2) is 0 Å². The van der Waals surface area contributed by atoms with Crippen LogP contribution in [0.3, 0.4) is 0 Å². The average Bonchev–Trinajstić information content (AvgIpc) is 2.75. The highest BCUT2D eigenvalue weighted by molar-refractivity contribution is 6.00. The quantitative estimate of drug-likeness (QED) is 0.456. The van der Waals surface area contributed by atoms with E-state index in [1.54, 1.807) is 6.07 Å². The van der Waals surface area contributed by atoms with E-state index in [0.717, 1.165) is 0 Å². The first-order chi connectivity index (χ1) is 9.97. The van der Waals surface area contributed by atoms with Crippen LogP contribution in [0.15, 0.2) is 12.1 Å². The van der Waals surface area contributed by atoms with Crippen LogP contribution in [-0.2, 0) is 16.0 Å². The minimum absolute atomic E-state index is 0.0193. The fourth-order valence-electron chi connectivity index (χ4n) is 2.13. The van der Waals surface area contributed by atoms with Gasteiger partial charge in [0.1, 0.15) is 5.69 Å². The topological polar surface area (TPSA) is 93.5 Å². The van der Waals surface area contributed by atoms with E-state index >= 15 is 0 Å². The standard InChI is InChI=1S/C14H19N3O4/c1-9(2)8-21-4-3-15-12-7-11-10(6-14(18)16-11)5-13(12)17(19)20/h5,7,9,15H,3-4,6,8H2,1-2H3,(H,16,18). The van der Waals surface area contributed by atoms with Crippen molar-refractivity contribution in [3.05, 3.63) is 27.8 Å². The number of carbonyl (C=O) groups excluding carboxylic acids is 1. The molecule has 1 aromatic carbocycles. The van der Waals surface area contributed by atoms with Crippen LogP contribution in [0.5, 0.6) is 0 Å². The Morgan fingerprint density at radius 2 is 2.24 bits per heavy atom. The average molecular weight is 293 g/mol. The van der Waals surface area contributed by atoms with Crippen molar-refractivity contribution >= 4 is 23.0 Å². The Balaban J connectivity index is 2.03. The van der Waals surface area contributed by atoms with E-state index < -0.39 is 4.92 Å². The molecule has 0 saturated heterocycles. The molecule has 1 amide bonds. The van der Waals surface area contributed by atoms with Crippen molar-refractivity contribution in [3.63, 3.8) is 0 Å². The molecule has 0 saturated carbocycles. The number of rotatable bonds is 7. The number of fused-ring (bicyclic) bond motifs is 1. The predicted molar refractivity (Wildman–Crippen MR) is 79.6 cm³/mol. The van der Waals surface area contributed by atoms with Gasteiger partial charge >= 0.3 is 0 Å². The maximum atomic E-state index is 11.3. The largest absolute Gasteiger partial charge is 0.379 e. The second-order valence-electron chi connectivity index (χ2n) is 5.40. The first kappa shape index (κ1) is 15.2. The lowest BCUT2D eigenvalue weighted by molar-refractivity contribution is -0.384. The van der Waals surface area contributed by atoms with E-state index in [-0.39, 0.29) is 18.0 Å². The molecular formula is C14H19N3O4. The zero-order valence-electron chi connectivity index (χ0n) is 12.1. The molecule has 1 aliphatic rings. The highest BCUT2D eigenvalue weighted by atomic mass is 16.6. The molecule has 1 heterocycles. The van der Waals surface area contributed by atoms with Crippen molar-refractivity contribution in [2.75, 3.05) is 30.4 Å². The van der Waals surface area contributed by atoms with Gasteiger partial charge < -0.3 is 15.4 Å². The van der Waals surface area contributed by atoms with E-state index in [1.807, 2.05) is 0 Å². The second kappa shape index (κ2) is 6.53. The molecule has 0 atom stereocenters. The van der Waals surface area contributed by atoms with Crippen LogP contribution >= 0.6 is 0 Å². The lowest BCUT2D eigenvalue weighted by atomic mass is 10.1. The number of anilines is 2. The molecule has 7 nitrogen and oxygen atoms in total. The molecule has 1 aliphatic heterocycles. The molecule has 0 aromatic heterocycles. The number of ether oxygens (including phenoxy) is 1. The van der Waals surface area contributed by atoms with Gasteiger partial charge in [-0.05, 0) is 17.5 Å². The maximum Gasteiger partial charge on any atom is 0.292 e. The molecular weight excluding hydrogens is 274 g/mol. The predicted octanol–water partition coefficient (Wildman–Crippen LogP) is 2.17. The normalized spacial score (nSPS) is 13.2. The van der Waals surface area contributed by atoms with Crippen molar-refractivity contribution in [3.8, 4) is 0 Å². The number of nitro groups is 1. The molecule has 2 rings (SSSR count). The van der Waals surface area contributed by atoms with Crippen molar-refractivity contribution < 1.29 is 14.5 Å². The Labute approximate surface area is 122 Å². The highest BCUT2D eigenvalue weighted by Gasteiger charge is 2.24. The van der Waals surface area contributed by atoms with Crippen LogP contribution < -0.4 is 10.6 Å². The first-order valence-electron chi connectivity index (χ1n) is 6.90. The fourth-order valence-corrected chi connectivity index (χ4v) is 2.13. The Bertz CT molecular complexity index is 557. The van der Waals surface area contributed by atoms with Crippen LogP contribution in [0.25, 0.3) is 0 Å². The molecule has 0 unspecified atom stereocenters. The van der Waals surface area contributed by atoms with Crippen LogP contribution in [-0.4, -0.2) is 30.6 Å². The summed E-state index contributed by atoms with van der Waals surface area (Å²) in [6.07, 6.45) is 0.188. The van der Waals surface area contributed by atoms with Gasteiger partial charge in [0.25, 0.3) is 5.69 Å². The number of nitro benzene ring substituents is 1. The molecule has 21 heavy (non-hydrogen) atoms. The number of amides is 1. The van der Waals surface area contributed by atoms with E-state index in [1.165, 1.54) is 6.07 Å². The Kier molecular flexibility index (Phi) is 4.74. The first-order valence-corrected chi connectivity index (χ1v) is 6.90. The lowest BCUT2D eigenvalue weighted by Gasteiger charge is -2.10. The Morgan fingerprint density at radius 3 is 2.90 bits per heavy atom. The SMILES string of the molecule is CC(C)COCCNc1cc2c(cc1[N+](=O)[O-])CC(=O)N2.